The Morgan fingerprint density at radius 1 is 1.33 bits per heavy atom. The van der Waals surface area contributed by atoms with E-state index in [-0.39, 0.29) is 0 Å². The minimum absolute atomic E-state index is 0.363. The smallest absolute Gasteiger partial charge is 0.218 e. The lowest BCUT2D eigenvalue weighted by Gasteiger charge is -2.20. The highest BCUT2D eigenvalue weighted by molar-refractivity contribution is 9.10. The summed E-state index contributed by atoms with van der Waals surface area (Å²) in [4.78, 5) is 11.3. The van der Waals surface area contributed by atoms with Crippen molar-refractivity contribution in [3.63, 3.8) is 0 Å². The van der Waals surface area contributed by atoms with E-state index in [2.05, 4.69) is 67.6 Å². The number of aromatic nitrogens is 1. The first kappa shape index (κ1) is 19.5. The zero-order chi connectivity index (χ0) is 19.1. The second kappa shape index (κ2) is 9.60. The van der Waals surface area contributed by atoms with Gasteiger partial charge >= 0.3 is 0 Å². The molecule has 0 bridgehead atoms. The number of benzene rings is 1. The third-order valence-electron chi connectivity index (χ3n) is 4.52. The first-order chi connectivity index (χ1) is 13.2. The Bertz CT molecular complexity index is 765. The molecule has 6 nitrogen and oxygen atoms in total. The maximum atomic E-state index is 5.31. The molecule has 2 aromatic rings. The lowest BCUT2D eigenvalue weighted by atomic mass is 10.2. The maximum Gasteiger partial charge on any atom is 0.218 e. The number of pyridine rings is 1. The number of aliphatic imine (C=N–C) groups is 1. The fourth-order valence-corrected chi connectivity index (χ4v) is 3.43. The molecule has 1 aliphatic rings. The molecule has 27 heavy (non-hydrogen) atoms. The summed E-state index contributed by atoms with van der Waals surface area (Å²) in [6, 6.07) is 12.7. The molecule has 0 aliphatic carbocycles. The molecule has 1 aliphatic heterocycles. The number of hydrogen-bond acceptors (Lipinski definition) is 4. The average molecular weight is 432 g/mol. The Morgan fingerprint density at radius 3 is 2.89 bits per heavy atom. The topological polar surface area (TPSA) is 61.8 Å². The van der Waals surface area contributed by atoms with Crippen LogP contribution in [0.4, 0.5) is 5.69 Å². The molecule has 0 amide bonds. The van der Waals surface area contributed by atoms with Crippen molar-refractivity contribution in [2.24, 2.45) is 4.99 Å². The fourth-order valence-electron chi connectivity index (χ4n) is 3.17. The molecule has 0 spiro atoms. The molecule has 144 valence electrons. The molecule has 1 fully saturated rings. The molecule has 1 aromatic carbocycles. The summed E-state index contributed by atoms with van der Waals surface area (Å²) < 4.78 is 6.42. The van der Waals surface area contributed by atoms with E-state index in [1.54, 1.807) is 13.3 Å². The summed E-state index contributed by atoms with van der Waals surface area (Å²) in [5.41, 5.74) is 2.23. The Labute approximate surface area is 169 Å². The molecule has 7 heteroatoms. The SMILES string of the molecule is CCNC(=NCc1cccnc1OC)NC1CCN(c2ccc(Br)cc2)C1. The first-order valence-corrected chi connectivity index (χ1v) is 10.0. The number of nitrogens with one attached hydrogen (secondary N) is 2. The van der Waals surface area contributed by atoms with Crippen molar-refractivity contribution in [3.8, 4) is 5.88 Å². The van der Waals surface area contributed by atoms with E-state index in [0.29, 0.717) is 18.5 Å². The third kappa shape index (κ3) is 5.35. The predicted molar refractivity (Wildman–Crippen MR) is 114 cm³/mol. The van der Waals surface area contributed by atoms with Crippen molar-refractivity contribution < 1.29 is 4.74 Å². The van der Waals surface area contributed by atoms with Crippen molar-refractivity contribution in [2.75, 3.05) is 31.6 Å². The predicted octanol–water partition coefficient (Wildman–Crippen LogP) is 3.19. The van der Waals surface area contributed by atoms with Gasteiger partial charge in [-0.1, -0.05) is 22.0 Å². The average Bonchev–Trinajstić information content (AvgIpc) is 3.15. The first-order valence-electron chi connectivity index (χ1n) is 9.23. The van der Waals surface area contributed by atoms with Crippen molar-refractivity contribution in [1.29, 1.82) is 0 Å². The van der Waals surface area contributed by atoms with Crippen molar-refractivity contribution >= 4 is 27.6 Å². The summed E-state index contributed by atoms with van der Waals surface area (Å²) in [5.74, 6) is 1.45. The fraction of sp³-hybridized carbons (Fsp3) is 0.400. The van der Waals surface area contributed by atoms with E-state index >= 15 is 0 Å². The van der Waals surface area contributed by atoms with Crippen molar-refractivity contribution in [1.82, 2.24) is 15.6 Å². The summed E-state index contributed by atoms with van der Waals surface area (Å²) in [5, 5.41) is 6.89. The van der Waals surface area contributed by atoms with Crippen LogP contribution in [-0.4, -0.2) is 43.7 Å². The largest absolute Gasteiger partial charge is 0.481 e. The Hall–Kier alpha value is -2.28. The normalized spacial score (nSPS) is 17.1. The van der Waals surface area contributed by atoms with Gasteiger partial charge in [0.1, 0.15) is 0 Å². The molecule has 1 unspecified atom stereocenters. The second-order valence-corrected chi connectivity index (χ2v) is 7.34. The Kier molecular flexibility index (Phi) is 6.92. The van der Waals surface area contributed by atoms with Crippen LogP contribution < -0.4 is 20.3 Å². The van der Waals surface area contributed by atoms with E-state index in [0.717, 1.165) is 42.1 Å². The van der Waals surface area contributed by atoms with Gasteiger partial charge in [-0.2, -0.15) is 0 Å². The van der Waals surface area contributed by atoms with Crippen LogP contribution in [-0.2, 0) is 6.54 Å². The highest BCUT2D eigenvalue weighted by Gasteiger charge is 2.23. The quantitative estimate of drug-likeness (QED) is 0.543. The van der Waals surface area contributed by atoms with Gasteiger partial charge in [-0.15, -0.1) is 0 Å². The minimum Gasteiger partial charge on any atom is -0.481 e. The molecule has 0 radical (unpaired) electrons. The van der Waals surface area contributed by atoms with E-state index in [4.69, 9.17) is 9.73 Å². The van der Waals surface area contributed by atoms with Gasteiger partial charge in [-0.25, -0.2) is 9.98 Å². The number of guanidine groups is 1. The number of anilines is 1. The van der Waals surface area contributed by atoms with E-state index < -0.39 is 0 Å². The van der Waals surface area contributed by atoms with Gasteiger partial charge in [0, 0.05) is 47.6 Å². The van der Waals surface area contributed by atoms with Gasteiger partial charge in [0.05, 0.1) is 13.7 Å². The maximum absolute atomic E-state index is 5.31. The number of rotatable bonds is 6. The number of nitrogens with zero attached hydrogens (tertiary/aromatic N) is 3. The van der Waals surface area contributed by atoms with Crippen LogP contribution in [0.3, 0.4) is 0 Å². The number of ether oxygens (including phenoxy) is 1. The zero-order valence-electron chi connectivity index (χ0n) is 15.8. The minimum atomic E-state index is 0.363. The summed E-state index contributed by atoms with van der Waals surface area (Å²) in [6.45, 7) is 5.41. The third-order valence-corrected chi connectivity index (χ3v) is 5.04. The van der Waals surface area contributed by atoms with Crippen LogP contribution in [0.1, 0.15) is 18.9 Å². The number of methoxy groups -OCH3 is 1. The molecule has 1 saturated heterocycles. The molecule has 1 aromatic heterocycles. The van der Waals surface area contributed by atoms with Crippen LogP contribution >= 0.6 is 15.9 Å². The molecule has 1 atom stereocenters. The van der Waals surface area contributed by atoms with E-state index in [1.165, 1.54) is 5.69 Å². The molecular formula is C20H26BrN5O. The van der Waals surface area contributed by atoms with Gasteiger partial charge in [0.2, 0.25) is 5.88 Å². The molecular weight excluding hydrogens is 406 g/mol. The van der Waals surface area contributed by atoms with E-state index in [9.17, 15) is 0 Å². The second-order valence-electron chi connectivity index (χ2n) is 6.42. The van der Waals surface area contributed by atoms with Crippen molar-refractivity contribution in [3.05, 3.63) is 52.6 Å². The van der Waals surface area contributed by atoms with Gasteiger partial charge in [0.25, 0.3) is 0 Å². The molecule has 3 rings (SSSR count). The summed E-state index contributed by atoms with van der Waals surface area (Å²) in [7, 11) is 1.63. The molecule has 2 heterocycles. The molecule has 2 N–H and O–H groups in total. The van der Waals surface area contributed by atoms with Crippen LogP contribution in [0.15, 0.2) is 52.1 Å². The number of halogens is 1. The van der Waals surface area contributed by atoms with Crippen LogP contribution in [0, 0.1) is 0 Å². The Morgan fingerprint density at radius 2 is 2.15 bits per heavy atom. The molecule has 0 saturated carbocycles. The highest BCUT2D eigenvalue weighted by Crippen LogP contribution is 2.22. The summed E-state index contributed by atoms with van der Waals surface area (Å²) in [6.07, 6.45) is 2.81. The Balaban J connectivity index is 1.61. The lowest BCUT2D eigenvalue weighted by Crippen LogP contribution is -2.44. The highest BCUT2D eigenvalue weighted by atomic mass is 79.9. The van der Waals surface area contributed by atoms with Gasteiger partial charge < -0.3 is 20.3 Å². The van der Waals surface area contributed by atoms with Crippen LogP contribution in [0.25, 0.3) is 0 Å². The zero-order valence-corrected chi connectivity index (χ0v) is 17.4. The van der Waals surface area contributed by atoms with Crippen molar-refractivity contribution in [2.45, 2.75) is 25.9 Å². The lowest BCUT2D eigenvalue weighted by molar-refractivity contribution is 0.392. The number of hydrogen-bond donors (Lipinski definition) is 2. The van der Waals surface area contributed by atoms with Gasteiger partial charge in [-0.3, -0.25) is 0 Å². The van der Waals surface area contributed by atoms with Gasteiger partial charge in [0.15, 0.2) is 5.96 Å². The standard InChI is InChI=1S/C20H26BrN5O/c1-3-22-20(24-13-15-5-4-11-23-19(15)27-2)25-17-10-12-26(14-17)18-8-6-16(21)7-9-18/h4-9,11,17H,3,10,12-14H2,1-2H3,(H2,22,24,25). The van der Waals surface area contributed by atoms with Gasteiger partial charge in [-0.05, 0) is 43.7 Å². The van der Waals surface area contributed by atoms with Crippen LogP contribution in [0.2, 0.25) is 0 Å². The monoisotopic (exact) mass is 431 g/mol. The van der Waals surface area contributed by atoms with E-state index in [1.807, 2.05) is 12.1 Å². The van der Waals surface area contributed by atoms with Crippen LogP contribution in [0.5, 0.6) is 5.88 Å². The summed E-state index contributed by atoms with van der Waals surface area (Å²) >= 11 is 3.49.